The van der Waals surface area contributed by atoms with E-state index in [-0.39, 0.29) is 24.5 Å². The second-order valence-electron chi connectivity index (χ2n) is 5.86. The first kappa shape index (κ1) is 17.7. The first-order valence-electron chi connectivity index (χ1n) is 7.93. The normalized spacial score (nSPS) is 19.6. The second-order valence-corrected chi connectivity index (χ2v) is 6.27. The van der Waals surface area contributed by atoms with Crippen LogP contribution in [0.3, 0.4) is 0 Å². The Hall–Kier alpha value is -2.15. The van der Waals surface area contributed by atoms with Gasteiger partial charge in [-0.05, 0) is 41.8 Å². The molecule has 3 rings (SSSR count). The largest absolute Gasteiger partial charge is 0.497 e. The fourth-order valence-corrected chi connectivity index (χ4v) is 3.01. The van der Waals surface area contributed by atoms with Crippen molar-refractivity contribution in [2.45, 2.75) is 25.0 Å². The maximum atomic E-state index is 13.1. The van der Waals surface area contributed by atoms with E-state index in [0.717, 1.165) is 11.3 Å². The van der Waals surface area contributed by atoms with Crippen LogP contribution in [-0.2, 0) is 11.3 Å². The number of nitrogens with one attached hydrogen (secondary N) is 3. The van der Waals surface area contributed by atoms with E-state index in [1.165, 1.54) is 12.1 Å². The maximum absolute atomic E-state index is 13.1. The fourth-order valence-electron chi connectivity index (χ4n) is 2.78. The highest BCUT2D eigenvalue weighted by atomic mass is 35.5. The van der Waals surface area contributed by atoms with Gasteiger partial charge in [-0.3, -0.25) is 4.79 Å². The van der Waals surface area contributed by atoms with Crippen LogP contribution in [0.15, 0.2) is 42.5 Å². The minimum atomic E-state index is -0.400. The van der Waals surface area contributed by atoms with Gasteiger partial charge < -0.3 is 10.1 Å². The predicted molar refractivity (Wildman–Crippen MR) is 93.7 cm³/mol. The molecule has 0 bridgehead atoms. The molecule has 0 spiro atoms. The van der Waals surface area contributed by atoms with Gasteiger partial charge in [0.05, 0.1) is 7.11 Å². The minimum absolute atomic E-state index is 0.0141. The van der Waals surface area contributed by atoms with Crippen LogP contribution in [0.1, 0.15) is 23.6 Å². The maximum Gasteiger partial charge on any atom is 0.238 e. The Kier molecular flexibility index (Phi) is 5.53. The molecular weight excluding hydrogens is 345 g/mol. The summed E-state index contributed by atoms with van der Waals surface area (Å²) in [6.45, 7) is 0.250. The van der Waals surface area contributed by atoms with Crippen LogP contribution in [0, 0.1) is 5.82 Å². The van der Waals surface area contributed by atoms with Crippen molar-refractivity contribution in [3.63, 3.8) is 0 Å². The van der Waals surface area contributed by atoms with Crippen LogP contribution < -0.4 is 20.9 Å². The molecule has 2 aromatic rings. The lowest BCUT2D eigenvalue weighted by Crippen LogP contribution is -2.42. The molecule has 3 N–H and O–H groups in total. The third kappa shape index (κ3) is 4.28. The van der Waals surface area contributed by atoms with Crippen molar-refractivity contribution >= 4 is 17.5 Å². The van der Waals surface area contributed by atoms with E-state index < -0.39 is 5.82 Å². The van der Waals surface area contributed by atoms with E-state index in [1.54, 1.807) is 13.2 Å². The molecule has 25 heavy (non-hydrogen) atoms. The summed E-state index contributed by atoms with van der Waals surface area (Å²) in [7, 11) is 1.62. The number of hydrazine groups is 1. The lowest BCUT2D eigenvalue weighted by atomic mass is 10.0. The van der Waals surface area contributed by atoms with Crippen LogP contribution in [-0.4, -0.2) is 19.1 Å². The SMILES string of the molecule is COc1cccc(C2CC(C(=O)NCc3ccc(F)cc3Cl)NN2)c1. The molecule has 5 nitrogen and oxygen atoms in total. The number of rotatable bonds is 5. The van der Waals surface area contributed by atoms with E-state index in [2.05, 4.69) is 16.2 Å². The minimum Gasteiger partial charge on any atom is -0.497 e. The van der Waals surface area contributed by atoms with Gasteiger partial charge in [0.1, 0.15) is 17.6 Å². The number of methoxy groups -OCH3 is 1. The topological polar surface area (TPSA) is 62.4 Å². The molecule has 2 unspecified atom stereocenters. The molecule has 0 aromatic heterocycles. The second kappa shape index (κ2) is 7.82. The van der Waals surface area contributed by atoms with Gasteiger partial charge in [-0.1, -0.05) is 29.8 Å². The van der Waals surface area contributed by atoms with Gasteiger partial charge in [0, 0.05) is 17.6 Å². The van der Waals surface area contributed by atoms with Gasteiger partial charge >= 0.3 is 0 Å². The van der Waals surface area contributed by atoms with E-state index in [4.69, 9.17) is 16.3 Å². The molecule has 1 aliphatic heterocycles. The smallest absolute Gasteiger partial charge is 0.238 e. The van der Waals surface area contributed by atoms with E-state index in [9.17, 15) is 9.18 Å². The first-order valence-corrected chi connectivity index (χ1v) is 8.31. The Morgan fingerprint density at radius 3 is 2.92 bits per heavy atom. The van der Waals surface area contributed by atoms with Crippen molar-refractivity contribution in [3.05, 3.63) is 64.4 Å². The van der Waals surface area contributed by atoms with Crippen LogP contribution in [0.5, 0.6) is 5.75 Å². The number of ether oxygens (including phenoxy) is 1. The Morgan fingerprint density at radius 1 is 1.32 bits per heavy atom. The first-order chi connectivity index (χ1) is 12.1. The van der Waals surface area contributed by atoms with Gasteiger partial charge in [0.25, 0.3) is 0 Å². The van der Waals surface area contributed by atoms with Crippen LogP contribution >= 0.6 is 11.6 Å². The monoisotopic (exact) mass is 363 g/mol. The molecule has 1 aliphatic rings. The molecule has 2 aromatic carbocycles. The Bertz CT molecular complexity index is 772. The molecule has 1 fully saturated rings. The molecule has 0 saturated carbocycles. The number of hydrogen-bond acceptors (Lipinski definition) is 4. The zero-order valence-electron chi connectivity index (χ0n) is 13.7. The number of hydrogen-bond donors (Lipinski definition) is 3. The Balaban J connectivity index is 1.57. The van der Waals surface area contributed by atoms with Crippen molar-refractivity contribution in [2.75, 3.05) is 7.11 Å². The lowest BCUT2D eigenvalue weighted by Gasteiger charge is -2.12. The molecule has 2 atom stereocenters. The van der Waals surface area contributed by atoms with Crippen molar-refractivity contribution in [1.82, 2.24) is 16.2 Å². The summed E-state index contributed by atoms with van der Waals surface area (Å²) in [5.41, 5.74) is 7.85. The summed E-state index contributed by atoms with van der Waals surface area (Å²) in [6, 6.07) is 11.5. The summed E-state index contributed by atoms with van der Waals surface area (Å²) in [4.78, 5) is 12.3. The van der Waals surface area contributed by atoms with Gasteiger partial charge in [0.15, 0.2) is 0 Å². The average Bonchev–Trinajstić information content (AvgIpc) is 3.11. The van der Waals surface area contributed by atoms with E-state index in [0.29, 0.717) is 17.0 Å². The molecule has 0 radical (unpaired) electrons. The highest BCUT2D eigenvalue weighted by Gasteiger charge is 2.30. The van der Waals surface area contributed by atoms with Crippen LogP contribution in [0.25, 0.3) is 0 Å². The molecule has 1 heterocycles. The Labute approximate surface area is 150 Å². The molecular formula is C18H19ClFN3O2. The lowest BCUT2D eigenvalue weighted by molar-refractivity contribution is -0.123. The van der Waals surface area contributed by atoms with Gasteiger partial charge in [0.2, 0.25) is 5.91 Å². The number of amides is 1. The molecule has 7 heteroatoms. The van der Waals surface area contributed by atoms with Crippen molar-refractivity contribution in [3.8, 4) is 5.75 Å². The fraction of sp³-hybridized carbons (Fsp3) is 0.278. The van der Waals surface area contributed by atoms with Crippen molar-refractivity contribution in [1.29, 1.82) is 0 Å². The van der Waals surface area contributed by atoms with Crippen LogP contribution in [0.2, 0.25) is 5.02 Å². The summed E-state index contributed by atoms with van der Waals surface area (Å²) >= 11 is 5.97. The molecule has 1 amide bonds. The van der Waals surface area contributed by atoms with E-state index >= 15 is 0 Å². The molecule has 1 saturated heterocycles. The van der Waals surface area contributed by atoms with Crippen LogP contribution in [0.4, 0.5) is 4.39 Å². The zero-order valence-corrected chi connectivity index (χ0v) is 14.4. The summed E-state index contributed by atoms with van der Waals surface area (Å²) < 4.78 is 18.3. The van der Waals surface area contributed by atoms with Crippen molar-refractivity contribution < 1.29 is 13.9 Å². The van der Waals surface area contributed by atoms with E-state index in [1.807, 2.05) is 24.3 Å². The number of benzene rings is 2. The third-order valence-electron chi connectivity index (χ3n) is 4.18. The quantitative estimate of drug-likeness (QED) is 0.764. The van der Waals surface area contributed by atoms with Gasteiger partial charge in [-0.25, -0.2) is 15.2 Å². The highest BCUT2D eigenvalue weighted by Crippen LogP contribution is 2.25. The Morgan fingerprint density at radius 2 is 2.16 bits per heavy atom. The summed E-state index contributed by atoms with van der Waals surface area (Å²) in [5.74, 6) is 0.235. The summed E-state index contributed by atoms with van der Waals surface area (Å²) in [5, 5.41) is 3.12. The zero-order chi connectivity index (χ0) is 17.8. The van der Waals surface area contributed by atoms with Crippen molar-refractivity contribution in [2.24, 2.45) is 0 Å². The molecule has 132 valence electrons. The number of carbonyl (C=O) groups is 1. The standard InChI is InChI=1S/C18H19ClFN3O2/c1-25-14-4-2-3-11(7-14)16-9-17(23-22-16)18(24)21-10-12-5-6-13(20)8-15(12)19/h2-8,16-17,22-23H,9-10H2,1H3,(H,21,24). The van der Waals surface area contributed by atoms with Gasteiger partial charge in [-0.15, -0.1) is 0 Å². The molecule has 0 aliphatic carbocycles. The van der Waals surface area contributed by atoms with Gasteiger partial charge in [-0.2, -0.15) is 0 Å². The summed E-state index contributed by atoms with van der Waals surface area (Å²) in [6.07, 6.45) is 0.607. The number of carbonyl (C=O) groups excluding carboxylic acids is 1. The number of halogens is 2. The third-order valence-corrected chi connectivity index (χ3v) is 4.54. The predicted octanol–water partition coefficient (Wildman–Crippen LogP) is 2.71. The average molecular weight is 364 g/mol. The highest BCUT2D eigenvalue weighted by molar-refractivity contribution is 6.31.